The maximum atomic E-state index is 3.50. The first-order valence-electron chi connectivity index (χ1n) is 9.71. The van der Waals surface area contributed by atoms with Gasteiger partial charge in [0.25, 0.3) is 0 Å². The Hall–Kier alpha value is -1.74. The summed E-state index contributed by atoms with van der Waals surface area (Å²) >= 11 is 0. The van der Waals surface area contributed by atoms with Crippen molar-refractivity contribution in [2.24, 2.45) is 0 Å². The maximum absolute atomic E-state index is 3.50. The van der Waals surface area contributed by atoms with Crippen molar-refractivity contribution in [3.8, 4) is 11.8 Å². The Morgan fingerprint density at radius 1 is 0.792 bits per heavy atom. The van der Waals surface area contributed by atoms with Gasteiger partial charge in [-0.05, 0) is 54.4 Å². The molecule has 130 valence electrons. The smallest absolute Gasteiger partial charge is 0.00922 e. The molecule has 0 N–H and O–H groups in total. The molecule has 1 rings (SSSR count). The van der Waals surface area contributed by atoms with Crippen LogP contribution in [0.5, 0.6) is 0 Å². The molecule has 1 aromatic carbocycles. The van der Waals surface area contributed by atoms with E-state index in [1.165, 1.54) is 40.7 Å². The minimum absolute atomic E-state index is 1.02. The summed E-state index contributed by atoms with van der Waals surface area (Å²) in [5, 5.41) is 0. The van der Waals surface area contributed by atoms with Gasteiger partial charge in [0.1, 0.15) is 0 Å². The van der Waals surface area contributed by atoms with E-state index < -0.39 is 0 Å². The van der Waals surface area contributed by atoms with Gasteiger partial charge >= 0.3 is 0 Å². The average Bonchev–Trinajstić information content (AvgIpc) is 2.63. The number of hydrogen-bond donors (Lipinski definition) is 0. The molecular weight excluding hydrogens is 288 g/mol. The van der Waals surface area contributed by atoms with E-state index in [-0.39, 0.29) is 0 Å². The zero-order valence-corrected chi connectivity index (χ0v) is 16.3. The molecule has 0 heterocycles. The molecule has 1 aromatic rings. The van der Waals surface area contributed by atoms with E-state index in [1.54, 1.807) is 0 Å². The second-order valence-corrected chi connectivity index (χ2v) is 6.10. The van der Waals surface area contributed by atoms with Crippen LogP contribution in [0.25, 0.3) is 5.57 Å². The summed E-state index contributed by atoms with van der Waals surface area (Å²) in [5.41, 5.74) is 7.17. The lowest BCUT2D eigenvalue weighted by Crippen LogP contribution is -1.98. The number of benzene rings is 1. The highest BCUT2D eigenvalue weighted by molar-refractivity contribution is 5.73. The minimum Gasteiger partial charge on any atom is -0.0982 e. The number of hydrogen-bond acceptors (Lipinski definition) is 0. The topological polar surface area (TPSA) is 0 Å². The minimum atomic E-state index is 1.02. The van der Waals surface area contributed by atoms with Crippen LogP contribution in [0.3, 0.4) is 0 Å². The van der Waals surface area contributed by atoms with Gasteiger partial charge in [-0.15, -0.1) is 0 Å². The first kappa shape index (κ1) is 20.3. The SMILES string of the molecule is CCCCC#C/C(CC)=C(CC)\C(CC)=C(\CC)c1ccccc1. The van der Waals surface area contributed by atoms with Crippen molar-refractivity contribution in [3.05, 3.63) is 52.6 Å². The van der Waals surface area contributed by atoms with Crippen LogP contribution in [0.2, 0.25) is 0 Å². The largest absolute Gasteiger partial charge is 0.0982 e. The van der Waals surface area contributed by atoms with Gasteiger partial charge in [-0.3, -0.25) is 0 Å². The van der Waals surface area contributed by atoms with Gasteiger partial charge in [-0.25, -0.2) is 0 Å². The van der Waals surface area contributed by atoms with Crippen LogP contribution >= 0.6 is 0 Å². The lowest BCUT2D eigenvalue weighted by molar-refractivity contribution is 0.827. The van der Waals surface area contributed by atoms with E-state index in [0.717, 1.165) is 32.1 Å². The molecule has 24 heavy (non-hydrogen) atoms. The Morgan fingerprint density at radius 2 is 1.46 bits per heavy atom. The van der Waals surface area contributed by atoms with E-state index in [0.29, 0.717) is 0 Å². The van der Waals surface area contributed by atoms with E-state index >= 15 is 0 Å². The monoisotopic (exact) mass is 322 g/mol. The number of unbranched alkanes of at least 4 members (excludes halogenated alkanes) is 2. The third kappa shape index (κ3) is 5.72. The zero-order valence-electron chi connectivity index (χ0n) is 16.3. The molecular formula is C24H34. The maximum Gasteiger partial charge on any atom is 0.00922 e. The van der Waals surface area contributed by atoms with Crippen LogP contribution in [0.15, 0.2) is 47.1 Å². The highest BCUT2D eigenvalue weighted by atomic mass is 14.2. The predicted octanol–water partition coefficient (Wildman–Crippen LogP) is 7.57. The van der Waals surface area contributed by atoms with Crippen LogP contribution in [-0.4, -0.2) is 0 Å². The fourth-order valence-electron chi connectivity index (χ4n) is 3.26. The standard InChI is InChI=1S/C24H34/c1-6-11-12-14-17-20(7-2)22(8-3)24(10-5)23(9-4)21-18-15-13-16-19-21/h13,15-16,18-19H,6-12H2,1-5H3/b22-20-,24-23-. The molecule has 0 radical (unpaired) electrons. The summed E-state index contributed by atoms with van der Waals surface area (Å²) in [6.45, 7) is 11.3. The summed E-state index contributed by atoms with van der Waals surface area (Å²) in [6, 6.07) is 10.8. The predicted molar refractivity (Wildman–Crippen MR) is 109 cm³/mol. The lowest BCUT2D eigenvalue weighted by atomic mass is 9.87. The molecule has 0 atom stereocenters. The zero-order chi connectivity index (χ0) is 17.8. The molecule has 0 bridgehead atoms. The molecule has 0 fully saturated rings. The molecule has 0 unspecified atom stereocenters. The van der Waals surface area contributed by atoms with E-state index in [4.69, 9.17) is 0 Å². The first-order valence-corrected chi connectivity index (χ1v) is 9.71. The van der Waals surface area contributed by atoms with Crippen molar-refractivity contribution in [3.63, 3.8) is 0 Å². The van der Waals surface area contributed by atoms with E-state index in [2.05, 4.69) is 76.8 Å². The number of allylic oxidation sites excluding steroid dienone is 4. The summed E-state index contributed by atoms with van der Waals surface area (Å²) < 4.78 is 0. The summed E-state index contributed by atoms with van der Waals surface area (Å²) in [5.74, 6) is 6.89. The molecule has 0 aliphatic carbocycles. The Kier molecular flexibility index (Phi) is 9.94. The summed E-state index contributed by atoms with van der Waals surface area (Å²) in [7, 11) is 0. The molecule has 0 heteroatoms. The van der Waals surface area contributed by atoms with Gasteiger partial charge in [-0.1, -0.05) is 83.2 Å². The quantitative estimate of drug-likeness (QED) is 0.263. The van der Waals surface area contributed by atoms with Crippen molar-refractivity contribution in [2.75, 3.05) is 0 Å². The molecule has 0 nitrogen and oxygen atoms in total. The molecule has 0 aliphatic heterocycles. The van der Waals surface area contributed by atoms with Crippen molar-refractivity contribution < 1.29 is 0 Å². The molecule has 0 amide bonds. The van der Waals surface area contributed by atoms with E-state index in [1.807, 2.05) is 0 Å². The highest BCUT2D eigenvalue weighted by Gasteiger charge is 2.12. The van der Waals surface area contributed by atoms with Crippen LogP contribution in [-0.2, 0) is 0 Å². The van der Waals surface area contributed by atoms with Crippen molar-refractivity contribution in [1.29, 1.82) is 0 Å². The van der Waals surface area contributed by atoms with Gasteiger partial charge in [0.2, 0.25) is 0 Å². The van der Waals surface area contributed by atoms with Crippen molar-refractivity contribution >= 4 is 5.57 Å². The molecule has 0 saturated carbocycles. The summed E-state index contributed by atoms with van der Waals surface area (Å²) in [6.07, 6.45) is 7.66. The van der Waals surface area contributed by atoms with Gasteiger partial charge in [-0.2, -0.15) is 0 Å². The fraction of sp³-hybridized carbons (Fsp3) is 0.500. The highest BCUT2D eigenvalue weighted by Crippen LogP contribution is 2.32. The molecule has 0 saturated heterocycles. The van der Waals surface area contributed by atoms with Gasteiger partial charge in [0.15, 0.2) is 0 Å². The lowest BCUT2D eigenvalue weighted by Gasteiger charge is -2.18. The van der Waals surface area contributed by atoms with Crippen LogP contribution in [0.4, 0.5) is 0 Å². The molecule has 0 aliphatic rings. The van der Waals surface area contributed by atoms with Gasteiger partial charge in [0, 0.05) is 12.0 Å². The Morgan fingerprint density at radius 3 is 1.96 bits per heavy atom. The third-order valence-electron chi connectivity index (χ3n) is 4.52. The normalized spacial score (nSPS) is 12.9. The second kappa shape index (κ2) is 11.7. The Labute approximate surface area is 150 Å². The van der Waals surface area contributed by atoms with E-state index in [9.17, 15) is 0 Å². The number of rotatable bonds is 8. The third-order valence-corrected chi connectivity index (χ3v) is 4.52. The molecule has 0 aromatic heterocycles. The van der Waals surface area contributed by atoms with Crippen molar-refractivity contribution in [1.82, 2.24) is 0 Å². The average molecular weight is 323 g/mol. The van der Waals surface area contributed by atoms with Gasteiger partial charge in [0.05, 0.1) is 0 Å². The summed E-state index contributed by atoms with van der Waals surface area (Å²) in [4.78, 5) is 0. The molecule has 0 spiro atoms. The van der Waals surface area contributed by atoms with Gasteiger partial charge < -0.3 is 0 Å². The van der Waals surface area contributed by atoms with Crippen LogP contribution in [0, 0.1) is 11.8 Å². The Bertz CT molecular complexity index is 602. The van der Waals surface area contributed by atoms with Crippen LogP contribution < -0.4 is 0 Å². The van der Waals surface area contributed by atoms with Crippen molar-refractivity contribution in [2.45, 2.75) is 79.6 Å². The second-order valence-electron chi connectivity index (χ2n) is 6.10. The first-order chi connectivity index (χ1) is 11.7. The van der Waals surface area contributed by atoms with Crippen LogP contribution in [0.1, 0.15) is 85.1 Å². The Balaban J connectivity index is 3.40. The fourth-order valence-corrected chi connectivity index (χ4v) is 3.26.